The largest absolute Gasteiger partial charge is 0.462 e. The SMILES string of the molecule is CCOC(=O)c1c(=O)c2cc(Br)sc2n2c1sc1ccccc12. The molecular formula is C16H10BrNO3S2. The van der Waals surface area contributed by atoms with Crippen LogP contribution in [0.5, 0.6) is 0 Å². The maximum Gasteiger partial charge on any atom is 0.345 e. The molecule has 0 aliphatic rings. The minimum absolute atomic E-state index is 0.117. The fraction of sp³-hybridized carbons (Fsp3) is 0.125. The summed E-state index contributed by atoms with van der Waals surface area (Å²) in [7, 11) is 0. The second-order valence-corrected chi connectivity index (χ2v) is 8.34. The summed E-state index contributed by atoms with van der Waals surface area (Å²) in [6, 6.07) is 9.64. The first-order valence-corrected chi connectivity index (χ1v) is 9.37. The van der Waals surface area contributed by atoms with E-state index >= 15 is 0 Å². The Kier molecular flexibility index (Phi) is 3.51. The van der Waals surface area contributed by atoms with Crippen LogP contribution in [0.2, 0.25) is 0 Å². The Bertz CT molecular complexity index is 1140. The lowest BCUT2D eigenvalue weighted by molar-refractivity contribution is 0.0527. The second-order valence-electron chi connectivity index (χ2n) is 4.90. The van der Waals surface area contributed by atoms with Crippen LogP contribution in [0.25, 0.3) is 25.3 Å². The van der Waals surface area contributed by atoms with E-state index in [1.165, 1.54) is 22.7 Å². The Morgan fingerprint density at radius 3 is 2.83 bits per heavy atom. The van der Waals surface area contributed by atoms with Crippen LogP contribution in [0.15, 0.2) is 38.9 Å². The van der Waals surface area contributed by atoms with Crippen molar-refractivity contribution < 1.29 is 9.53 Å². The first kappa shape index (κ1) is 14.9. The lowest BCUT2D eigenvalue weighted by Gasteiger charge is -2.05. The lowest BCUT2D eigenvalue weighted by atomic mass is 10.2. The Balaban J connectivity index is 2.29. The maximum absolute atomic E-state index is 12.8. The smallest absolute Gasteiger partial charge is 0.345 e. The summed E-state index contributed by atoms with van der Waals surface area (Å²) in [5, 5.41) is 0.533. The van der Waals surface area contributed by atoms with Crippen LogP contribution in [0.4, 0.5) is 0 Å². The quantitative estimate of drug-likeness (QED) is 0.453. The highest BCUT2D eigenvalue weighted by Gasteiger charge is 2.23. The average Bonchev–Trinajstić information content (AvgIpc) is 3.07. The third-order valence-electron chi connectivity index (χ3n) is 3.57. The number of hydrogen-bond donors (Lipinski definition) is 0. The van der Waals surface area contributed by atoms with Gasteiger partial charge in [0.1, 0.15) is 15.2 Å². The zero-order valence-corrected chi connectivity index (χ0v) is 15.2. The Morgan fingerprint density at radius 1 is 1.26 bits per heavy atom. The zero-order chi connectivity index (χ0) is 16.1. The lowest BCUT2D eigenvalue weighted by Crippen LogP contribution is -2.18. The van der Waals surface area contributed by atoms with E-state index in [9.17, 15) is 9.59 Å². The van der Waals surface area contributed by atoms with Gasteiger partial charge in [0.15, 0.2) is 0 Å². The number of nitrogens with zero attached hydrogens (tertiary/aromatic N) is 1. The van der Waals surface area contributed by atoms with Crippen LogP contribution >= 0.6 is 38.6 Å². The molecule has 0 atom stereocenters. The maximum atomic E-state index is 12.8. The van der Waals surface area contributed by atoms with Gasteiger partial charge in [-0.3, -0.25) is 9.20 Å². The molecule has 4 rings (SSSR count). The number of rotatable bonds is 2. The molecule has 4 aromatic rings. The number of halogens is 1. The van der Waals surface area contributed by atoms with Crippen molar-refractivity contribution in [2.75, 3.05) is 6.61 Å². The van der Waals surface area contributed by atoms with Gasteiger partial charge in [0.05, 0.1) is 26.0 Å². The molecule has 23 heavy (non-hydrogen) atoms. The van der Waals surface area contributed by atoms with E-state index in [0.29, 0.717) is 10.2 Å². The summed E-state index contributed by atoms with van der Waals surface area (Å²) in [6.45, 7) is 1.97. The van der Waals surface area contributed by atoms with Gasteiger partial charge in [-0.2, -0.15) is 0 Å². The number of hydrogen-bond acceptors (Lipinski definition) is 5. The molecule has 0 bridgehead atoms. The van der Waals surface area contributed by atoms with Crippen LogP contribution in [0.1, 0.15) is 17.3 Å². The van der Waals surface area contributed by atoms with Gasteiger partial charge in [-0.05, 0) is 41.1 Å². The number of ether oxygens (including phenoxy) is 1. The number of para-hydroxylation sites is 1. The van der Waals surface area contributed by atoms with E-state index in [2.05, 4.69) is 15.9 Å². The molecule has 0 N–H and O–H groups in total. The molecule has 116 valence electrons. The molecule has 4 nitrogen and oxygen atoms in total. The van der Waals surface area contributed by atoms with Gasteiger partial charge < -0.3 is 4.74 Å². The Morgan fingerprint density at radius 2 is 2.04 bits per heavy atom. The Labute approximate surface area is 147 Å². The highest BCUT2D eigenvalue weighted by Crippen LogP contribution is 2.35. The van der Waals surface area contributed by atoms with E-state index in [0.717, 1.165) is 18.8 Å². The fourth-order valence-corrected chi connectivity index (χ4v) is 5.48. The molecule has 3 heterocycles. The molecule has 3 aromatic heterocycles. The molecule has 0 radical (unpaired) electrons. The highest BCUT2D eigenvalue weighted by atomic mass is 79.9. The molecule has 0 aliphatic carbocycles. The molecule has 0 aliphatic heterocycles. The van der Waals surface area contributed by atoms with Gasteiger partial charge >= 0.3 is 5.97 Å². The molecule has 7 heteroatoms. The minimum Gasteiger partial charge on any atom is -0.462 e. The van der Waals surface area contributed by atoms with Crippen molar-refractivity contribution in [2.24, 2.45) is 0 Å². The first-order chi connectivity index (χ1) is 11.1. The number of thiophene rings is 1. The predicted molar refractivity (Wildman–Crippen MR) is 98.1 cm³/mol. The van der Waals surface area contributed by atoms with Crippen molar-refractivity contribution >= 4 is 69.8 Å². The number of aromatic nitrogens is 1. The van der Waals surface area contributed by atoms with Gasteiger partial charge in [-0.1, -0.05) is 12.1 Å². The average molecular weight is 408 g/mol. The molecule has 0 saturated heterocycles. The van der Waals surface area contributed by atoms with Gasteiger partial charge in [-0.25, -0.2) is 4.79 Å². The van der Waals surface area contributed by atoms with Crippen molar-refractivity contribution in [1.82, 2.24) is 4.40 Å². The van der Waals surface area contributed by atoms with Gasteiger partial charge in [0.2, 0.25) is 5.43 Å². The number of thiazole rings is 1. The molecule has 0 saturated carbocycles. The summed E-state index contributed by atoms with van der Waals surface area (Å²) in [4.78, 5) is 26.7. The van der Waals surface area contributed by atoms with E-state index in [-0.39, 0.29) is 17.6 Å². The van der Waals surface area contributed by atoms with Crippen LogP contribution in [-0.2, 0) is 4.74 Å². The van der Waals surface area contributed by atoms with E-state index in [1.54, 1.807) is 13.0 Å². The first-order valence-electron chi connectivity index (χ1n) is 6.94. The molecule has 0 fully saturated rings. The van der Waals surface area contributed by atoms with Crippen LogP contribution in [0, 0.1) is 0 Å². The predicted octanol–water partition coefficient (Wildman–Crippen LogP) is 4.67. The van der Waals surface area contributed by atoms with Crippen molar-refractivity contribution in [1.29, 1.82) is 0 Å². The summed E-state index contributed by atoms with van der Waals surface area (Å²) in [6.07, 6.45) is 0. The van der Waals surface area contributed by atoms with Gasteiger partial charge in [0, 0.05) is 0 Å². The summed E-state index contributed by atoms with van der Waals surface area (Å²) in [5.74, 6) is -0.564. The van der Waals surface area contributed by atoms with Gasteiger partial charge in [0.25, 0.3) is 0 Å². The number of benzene rings is 1. The minimum atomic E-state index is -0.564. The second kappa shape index (κ2) is 5.43. The fourth-order valence-electron chi connectivity index (χ4n) is 2.65. The van der Waals surface area contributed by atoms with Crippen LogP contribution < -0.4 is 5.43 Å². The normalized spacial score (nSPS) is 11.6. The summed E-state index contributed by atoms with van der Waals surface area (Å²) in [5.41, 5.74) is 0.829. The molecular weight excluding hydrogens is 398 g/mol. The molecule has 1 aromatic carbocycles. The van der Waals surface area contributed by atoms with Crippen molar-refractivity contribution in [2.45, 2.75) is 6.92 Å². The van der Waals surface area contributed by atoms with E-state index < -0.39 is 5.97 Å². The number of pyridine rings is 1. The highest BCUT2D eigenvalue weighted by molar-refractivity contribution is 9.11. The third kappa shape index (κ3) is 2.14. The zero-order valence-electron chi connectivity index (χ0n) is 12.0. The number of carbonyl (C=O) groups excluding carboxylic acids is 1. The third-order valence-corrected chi connectivity index (χ3v) is 6.33. The molecule has 0 spiro atoms. The monoisotopic (exact) mass is 407 g/mol. The van der Waals surface area contributed by atoms with E-state index in [1.807, 2.05) is 28.7 Å². The number of carbonyl (C=O) groups is 1. The molecule has 0 amide bonds. The topological polar surface area (TPSA) is 47.8 Å². The summed E-state index contributed by atoms with van der Waals surface area (Å²) < 4.78 is 8.98. The van der Waals surface area contributed by atoms with Crippen molar-refractivity contribution in [3.8, 4) is 0 Å². The van der Waals surface area contributed by atoms with Crippen molar-refractivity contribution in [3.63, 3.8) is 0 Å². The Hall–Kier alpha value is -1.70. The van der Waals surface area contributed by atoms with Crippen LogP contribution in [0.3, 0.4) is 0 Å². The number of esters is 1. The van der Waals surface area contributed by atoms with Crippen LogP contribution in [-0.4, -0.2) is 17.0 Å². The molecule has 0 unspecified atom stereocenters. The summed E-state index contributed by atoms with van der Waals surface area (Å²) >= 11 is 6.36. The van der Waals surface area contributed by atoms with Gasteiger partial charge in [-0.15, -0.1) is 22.7 Å². The van der Waals surface area contributed by atoms with Crippen molar-refractivity contribution in [3.05, 3.63) is 49.9 Å². The standard InChI is InChI=1S/C16H10BrNO3S2/c1-2-21-16(20)12-13(19)8-7-11(17)23-14(8)18-9-5-3-4-6-10(9)22-15(12)18/h3-7H,2H2,1H3. The number of fused-ring (bicyclic) bond motifs is 5. The van der Waals surface area contributed by atoms with E-state index in [4.69, 9.17) is 4.74 Å².